The Morgan fingerprint density at radius 2 is 2.10 bits per heavy atom. The molecule has 2 rings (SSSR count). The lowest BCUT2D eigenvalue weighted by molar-refractivity contribution is 0.0527. The van der Waals surface area contributed by atoms with Gasteiger partial charge in [-0.3, -0.25) is 0 Å². The van der Waals surface area contributed by atoms with Crippen molar-refractivity contribution in [1.29, 1.82) is 0 Å². The molecule has 0 amide bonds. The van der Waals surface area contributed by atoms with Crippen molar-refractivity contribution in [3.05, 3.63) is 23.5 Å². The van der Waals surface area contributed by atoms with Crippen LogP contribution in [-0.4, -0.2) is 50.7 Å². The Morgan fingerprint density at radius 1 is 1.33 bits per heavy atom. The number of ether oxygens (including phenoxy) is 1. The largest absolute Gasteiger partial charge is 0.462 e. The molecule has 6 heteroatoms. The van der Waals surface area contributed by atoms with Gasteiger partial charge in [-0.25, -0.2) is 9.18 Å². The van der Waals surface area contributed by atoms with Gasteiger partial charge in [0.1, 0.15) is 5.82 Å². The van der Waals surface area contributed by atoms with E-state index in [2.05, 4.69) is 4.90 Å². The van der Waals surface area contributed by atoms with Gasteiger partial charge in [-0.15, -0.1) is 0 Å². The molecule has 1 aromatic carbocycles. The van der Waals surface area contributed by atoms with Gasteiger partial charge in [-0.2, -0.15) is 0 Å². The Morgan fingerprint density at radius 3 is 2.81 bits per heavy atom. The first-order valence-corrected chi connectivity index (χ1v) is 7.22. The van der Waals surface area contributed by atoms with Crippen LogP contribution in [0.1, 0.15) is 23.7 Å². The van der Waals surface area contributed by atoms with Crippen LogP contribution in [0.4, 0.5) is 15.8 Å². The summed E-state index contributed by atoms with van der Waals surface area (Å²) in [7, 11) is 2.05. The number of hydrogen-bond acceptors (Lipinski definition) is 5. The molecule has 1 saturated heterocycles. The fraction of sp³-hybridized carbons (Fsp3) is 0.533. The number of benzene rings is 1. The summed E-state index contributed by atoms with van der Waals surface area (Å²) in [5, 5.41) is 0. The van der Waals surface area contributed by atoms with Gasteiger partial charge >= 0.3 is 5.97 Å². The fourth-order valence-electron chi connectivity index (χ4n) is 2.49. The number of rotatable bonds is 3. The van der Waals surface area contributed by atoms with Crippen LogP contribution in [0.5, 0.6) is 0 Å². The molecule has 0 unspecified atom stereocenters. The third-order valence-corrected chi connectivity index (χ3v) is 3.67. The summed E-state index contributed by atoms with van der Waals surface area (Å²) in [5.74, 6) is -0.909. The third-order valence-electron chi connectivity index (χ3n) is 3.67. The monoisotopic (exact) mass is 295 g/mol. The van der Waals surface area contributed by atoms with E-state index >= 15 is 0 Å². The number of hydrogen-bond donors (Lipinski definition) is 1. The summed E-state index contributed by atoms with van der Waals surface area (Å²) in [6, 6.07) is 2.71. The van der Waals surface area contributed by atoms with Crippen LogP contribution < -0.4 is 10.6 Å². The average molecular weight is 295 g/mol. The average Bonchev–Trinajstić information content (AvgIpc) is 2.64. The number of halogens is 1. The second-order valence-electron chi connectivity index (χ2n) is 5.26. The Kier molecular flexibility index (Phi) is 5.01. The Hall–Kier alpha value is -1.82. The van der Waals surface area contributed by atoms with E-state index in [1.54, 1.807) is 6.92 Å². The molecule has 0 atom stereocenters. The van der Waals surface area contributed by atoms with E-state index in [0.29, 0.717) is 5.69 Å². The van der Waals surface area contributed by atoms with Crippen LogP contribution in [0, 0.1) is 5.82 Å². The number of anilines is 2. The Bertz CT molecular complexity index is 522. The molecule has 5 nitrogen and oxygen atoms in total. The van der Waals surface area contributed by atoms with Crippen LogP contribution in [0.3, 0.4) is 0 Å². The Balaban J connectivity index is 2.30. The maximum Gasteiger partial charge on any atom is 0.340 e. The zero-order chi connectivity index (χ0) is 15.4. The summed E-state index contributed by atoms with van der Waals surface area (Å²) in [6.07, 6.45) is 0.953. The van der Waals surface area contributed by atoms with Crippen LogP contribution in [-0.2, 0) is 4.74 Å². The maximum atomic E-state index is 14.2. The molecule has 21 heavy (non-hydrogen) atoms. The van der Waals surface area contributed by atoms with Crippen molar-refractivity contribution in [1.82, 2.24) is 4.90 Å². The number of nitrogens with zero attached hydrogens (tertiary/aromatic N) is 2. The predicted octanol–water partition coefficient (Wildman–Crippen LogP) is 1.73. The van der Waals surface area contributed by atoms with Crippen molar-refractivity contribution >= 4 is 17.3 Å². The molecule has 0 aromatic heterocycles. The first kappa shape index (κ1) is 15.6. The predicted molar refractivity (Wildman–Crippen MR) is 81.1 cm³/mol. The minimum absolute atomic E-state index is 0.113. The number of nitrogen functional groups attached to an aromatic ring is 1. The van der Waals surface area contributed by atoms with Gasteiger partial charge in [0.25, 0.3) is 0 Å². The zero-order valence-electron chi connectivity index (χ0n) is 12.6. The van der Waals surface area contributed by atoms with E-state index in [0.717, 1.165) is 32.6 Å². The number of likely N-dealkylation sites (N-methyl/N-ethyl adjacent to an activating group) is 1. The second kappa shape index (κ2) is 6.76. The number of carbonyl (C=O) groups excluding carboxylic acids is 1. The number of esters is 1. The van der Waals surface area contributed by atoms with Gasteiger partial charge in [0.15, 0.2) is 0 Å². The molecule has 0 bridgehead atoms. The van der Waals surface area contributed by atoms with Crippen molar-refractivity contribution in [2.45, 2.75) is 13.3 Å². The molecule has 1 aromatic rings. The lowest BCUT2D eigenvalue weighted by Crippen LogP contribution is -2.29. The van der Waals surface area contributed by atoms with Gasteiger partial charge in [-0.05, 0) is 39.1 Å². The minimum atomic E-state index is -0.511. The van der Waals surface area contributed by atoms with Crippen LogP contribution in [0.25, 0.3) is 0 Å². The van der Waals surface area contributed by atoms with Gasteiger partial charge in [0.05, 0.1) is 17.9 Å². The summed E-state index contributed by atoms with van der Waals surface area (Å²) in [5.41, 5.74) is 6.50. The molecule has 1 aliphatic rings. The summed E-state index contributed by atoms with van der Waals surface area (Å²) < 4.78 is 19.2. The lowest BCUT2D eigenvalue weighted by Gasteiger charge is -2.24. The van der Waals surface area contributed by atoms with Crippen molar-refractivity contribution in [2.24, 2.45) is 0 Å². The highest BCUT2D eigenvalue weighted by Crippen LogP contribution is 2.27. The van der Waals surface area contributed by atoms with Crippen molar-refractivity contribution in [3.8, 4) is 0 Å². The standard InChI is InChI=1S/C15H22FN3O2/c1-3-21-15(20)11-9-14(12(16)10-13(11)17)19-6-4-5-18(2)7-8-19/h9-10H,3-8,17H2,1-2H3. The smallest absolute Gasteiger partial charge is 0.340 e. The van der Waals surface area contributed by atoms with Crippen molar-refractivity contribution < 1.29 is 13.9 Å². The van der Waals surface area contributed by atoms with Gasteiger partial charge in [-0.1, -0.05) is 0 Å². The highest BCUT2D eigenvalue weighted by atomic mass is 19.1. The molecular weight excluding hydrogens is 273 g/mol. The van der Waals surface area contributed by atoms with E-state index < -0.39 is 11.8 Å². The van der Waals surface area contributed by atoms with Crippen molar-refractivity contribution in [3.63, 3.8) is 0 Å². The van der Waals surface area contributed by atoms with Gasteiger partial charge in [0, 0.05) is 25.3 Å². The van der Waals surface area contributed by atoms with E-state index in [9.17, 15) is 9.18 Å². The molecule has 0 saturated carbocycles. The normalized spacial score (nSPS) is 16.6. The van der Waals surface area contributed by atoms with Gasteiger partial charge in [0.2, 0.25) is 0 Å². The summed E-state index contributed by atoms with van der Waals surface area (Å²) >= 11 is 0. The first-order chi connectivity index (χ1) is 10.0. The fourth-order valence-corrected chi connectivity index (χ4v) is 2.49. The van der Waals surface area contributed by atoms with E-state index in [-0.39, 0.29) is 17.9 Å². The molecule has 1 aliphatic heterocycles. The quantitative estimate of drug-likeness (QED) is 0.680. The molecular formula is C15H22FN3O2. The SMILES string of the molecule is CCOC(=O)c1cc(N2CCCN(C)CC2)c(F)cc1N. The molecule has 0 aliphatic carbocycles. The van der Waals surface area contributed by atoms with Gasteiger partial charge < -0.3 is 20.3 Å². The Labute approximate surface area is 124 Å². The zero-order valence-corrected chi connectivity index (χ0v) is 12.6. The topological polar surface area (TPSA) is 58.8 Å². The lowest BCUT2D eigenvalue weighted by atomic mass is 10.1. The highest BCUT2D eigenvalue weighted by Gasteiger charge is 2.20. The van der Waals surface area contributed by atoms with Crippen molar-refractivity contribution in [2.75, 3.05) is 50.5 Å². The molecule has 2 N–H and O–H groups in total. The molecule has 1 fully saturated rings. The molecule has 116 valence electrons. The highest BCUT2D eigenvalue weighted by molar-refractivity contribution is 5.96. The summed E-state index contributed by atoms with van der Waals surface area (Å²) in [6.45, 7) is 5.31. The maximum absolute atomic E-state index is 14.2. The second-order valence-corrected chi connectivity index (χ2v) is 5.26. The van der Waals surface area contributed by atoms with E-state index in [4.69, 9.17) is 10.5 Å². The minimum Gasteiger partial charge on any atom is -0.462 e. The summed E-state index contributed by atoms with van der Waals surface area (Å²) in [4.78, 5) is 16.0. The first-order valence-electron chi connectivity index (χ1n) is 7.22. The van der Waals surface area contributed by atoms with E-state index in [1.165, 1.54) is 12.1 Å². The third kappa shape index (κ3) is 3.64. The molecule has 0 radical (unpaired) electrons. The van der Waals surface area contributed by atoms with E-state index in [1.807, 2.05) is 11.9 Å². The number of carbonyl (C=O) groups is 1. The van der Waals surface area contributed by atoms with Crippen LogP contribution >= 0.6 is 0 Å². The van der Waals surface area contributed by atoms with Crippen LogP contribution in [0.15, 0.2) is 12.1 Å². The molecule has 0 spiro atoms. The molecule has 1 heterocycles. The number of nitrogens with two attached hydrogens (primary N) is 1. The van der Waals surface area contributed by atoms with Crippen LogP contribution in [0.2, 0.25) is 0 Å².